The predicted octanol–water partition coefficient (Wildman–Crippen LogP) is 2.22. The van der Waals surface area contributed by atoms with Gasteiger partial charge in [-0.3, -0.25) is 9.59 Å². The van der Waals surface area contributed by atoms with Gasteiger partial charge in [0.25, 0.3) is 0 Å². The molecule has 1 fully saturated rings. The monoisotopic (exact) mass is 294 g/mol. The molecule has 116 valence electrons. The van der Waals surface area contributed by atoms with Crippen molar-refractivity contribution in [3.05, 3.63) is 0 Å². The quantitative estimate of drug-likeness (QED) is 0.845. The second-order valence-corrected chi connectivity index (χ2v) is 5.28. The molecule has 0 bridgehead atoms. The van der Waals surface area contributed by atoms with Crippen molar-refractivity contribution in [2.75, 3.05) is 6.54 Å². The zero-order valence-corrected chi connectivity index (χ0v) is 11.6. The Labute approximate surface area is 116 Å². The molecule has 0 saturated carbocycles. The highest BCUT2D eigenvalue weighted by Gasteiger charge is 2.33. The lowest BCUT2D eigenvalue weighted by Gasteiger charge is -2.30. The third-order valence-electron chi connectivity index (χ3n) is 3.71. The SMILES string of the molecule is CCC(C(N)=O)N1CC(CCC(F)(F)F)CCCC1=O. The summed E-state index contributed by atoms with van der Waals surface area (Å²) in [6.45, 7) is 1.93. The lowest BCUT2D eigenvalue weighted by atomic mass is 9.97. The summed E-state index contributed by atoms with van der Waals surface area (Å²) in [5.41, 5.74) is 5.27. The van der Waals surface area contributed by atoms with Crippen molar-refractivity contribution < 1.29 is 22.8 Å². The van der Waals surface area contributed by atoms with Crippen molar-refractivity contribution in [1.29, 1.82) is 0 Å². The molecule has 7 heteroatoms. The van der Waals surface area contributed by atoms with Crippen LogP contribution in [0.5, 0.6) is 0 Å². The number of halogens is 3. The van der Waals surface area contributed by atoms with Gasteiger partial charge < -0.3 is 10.6 Å². The molecule has 2 atom stereocenters. The molecule has 1 rings (SSSR count). The van der Waals surface area contributed by atoms with Gasteiger partial charge in [0.05, 0.1) is 0 Å². The van der Waals surface area contributed by atoms with Gasteiger partial charge in [-0.2, -0.15) is 13.2 Å². The third kappa shape index (κ3) is 5.02. The summed E-state index contributed by atoms with van der Waals surface area (Å²) < 4.78 is 36.9. The van der Waals surface area contributed by atoms with Crippen LogP contribution in [0.25, 0.3) is 0 Å². The van der Waals surface area contributed by atoms with E-state index in [1.165, 1.54) is 4.90 Å². The first-order valence-corrected chi connectivity index (χ1v) is 6.90. The highest BCUT2D eigenvalue weighted by atomic mass is 19.4. The molecule has 4 nitrogen and oxygen atoms in total. The molecule has 1 aliphatic rings. The average molecular weight is 294 g/mol. The molecule has 0 aromatic carbocycles. The molecule has 0 spiro atoms. The summed E-state index contributed by atoms with van der Waals surface area (Å²) in [6, 6.07) is -0.714. The first kappa shape index (κ1) is 16.8. The number of nitrogens with two attached hydrogens (primary N) is 1. The number of likely N-dealkylation sites (tertiary alicyclic amines) is 1. The second-order valence-electron chi connectivity index (χ2n) is 5.28. The Hall–Kier alpha value is -1.27. The van der Waals surface area contributed by atoms with E-state index in [1.807, 2.05) is 0 Å². The van der Waals surface area contributed by atoms with Crippen molar-refractivity contribution in [3.63, 3.8) is 0 Å². The van der Waals surface area contributed by atoms with Gasteiger partial charge in [0.1, 0.15) is 6.04 Å². The normalized spacial score (nSPS) is 22.5. The van der Waals surface area contributed by atoms with Crippen LogP contribution in [0.2, 0.25) is 0 Å². The minimum Gasteiger partial charge on any atom is -0.368 e. The lowest BCUT2D eigenvalue weighted by Crippen LogP contribution is -2.48. The Kier molecular flexibility index (Phi) is 5.83. The Balaban J connectivity index is 2.72. The molecular weight excluding hydrogens is 273 g/mol. The van der Waals surface area contributed by atoms with E-state index in [2.05, 4.69) is 0 Å². The number of carbonyl (C=O) groups excluding carboxylic acids is 2. The number of hydrogen-bond donors (Lipinski definition) is 1. The largest absolute Gasteiger partial charge is 0.389 e. The van der Waals surface area contributed by atoms with E-state index in [0.717, 1.165) is 0 Å². The summed E-state index contributed by atoms with van der Waals surface area (Å²) in [7, 11) is 0. The molecule has 0 aliphatic carbocycles. The zero-order valence-electron chi connectivity index (χ0n) is 11.6. The smallest absolute Gasteiger partial charge is 0.368 e. The standard InChI is InChI=1S/C13H21F3N2O2/c1-2-10(12(17)20)18-8-9(4-3-5-11(18)19)6-7-13(14,15)16/h9-10H,2-8H2,1H3,(H2,17,20). The van der Waals surface area contributed by atoms with Crippen LogP contribution in [0, 0.1) is 5.92 Å². The highest BCUT2D eigenvalue weighted by molar-refractivity contribution is 5.86. The van der Waals surface area contributed by atoms with E-state index in [4.69, 9.17) is 5.73 Å². The first-order valence-electron chi connectivity index (χ1n) is 6.90. The van der Waals surface area contributed by atoms with Crippen LogP contribution < -0.4 is 5.73 Å². The second kappa shape index (κ2) is 6.95. The summed E-state index contributed by atoms with van der Waals surface area (Å²) in [5.74, 6) is -1.01. The van der Waals surface area contributed by atoms with E-state index in [-0.39, 0.29) is 31.2 Å². The van der Waals surface area contributed by atoms with Crippen LogP contribution in [-0.4, -0.2) is 35.5 Å². The topological polar surface area (TPSA) is 63.4 Å². The van der Waals surface area contributed by atoms with Crippen molar-refractivity contribution in [3.8, 4) is 0 Å². The number of primary amides is 1. The predicted molar refractivity (Wildman–Crippen MR) is 67.6 cm³/mol. The van der Waals surface area contributed by atoms with Crippen LogP contribution in [0.4, 0.5) is 13.2 Å². The number of nitrogens with zero attached hydrogens (tertiary/aromatic N) is 1. The summed E-state index contributed by atoms with van der Waals surface area (Å²) in [5, 5.41) is 0. The van der Waals surface area contributed by atoms with Crippen molar-refractivity contribution in [1.82, 2.24) is 4.90 Å². The van der Waals surface area contributed by atoms with Crippen LogP contribution >= 0.6 is 0 Å². The number of carbonyl (C=O) groups is 2. The molecule has 0 aromatic rings. The maximum Gasteiger partial charge on any atom is 0.389 e. The molecule has 2 unspecified atom stereocenters. The van der Waals surface area contributed by atoms with E-state index < -0.39 is 24.5 Å². The van der Waals surface area contributed by atoms with Gasteiger partial charge in [0.2, 0.25) is 11.8 Å². The van der Waals surface area contributed by atoms with E-state index in [9.17, 15) is 22.8 Å². The Morgan fingerprint density at radius 2 is 2.15 bits per heavy atom. The number of amides is 2. The highest BCUT2D eigenvalue weighted by Crippen LogP contribution is 2.29. The van der Waals surface area contributed by atoms with Gasteiger partial charge in [0, 0.05) is 19.4 Å². The van der Waals surface area contributed by atoms with E-state index >= 15 is 0 Å². The van der Waals surface area contributed by atoms with E-state index in [1.54, 1.807) is 6.92 Å². The molecular formula is C13H21F3N2O2. The van der Waals surface area contributed by atoms with Gasteiger partial charge in [-0.05, 0) is 31.6 Å². The molecule has 1 aliphatic heterocycles. The molecule has 2 amide bonds. The number of alkyl halides is 3. The molecule has 20 heavy (non-hydrogen) atoms. The fraction of sp³-hybridized carbons (Fsp3) is 0.846. The van der Waals surface area contributed by atoms with Gasteiger partial charge in [-0.1, -0.05) is 6.92 Å². The van der Waals surface area contributed by atoms with Crippen molar-refractivity contribution in [2.45, 2.75) is 57.7 Å². The lowest BCUT2D eigenvalue weighted by molar-refractivity contribution is -0.141. The third-order valence-corrected chi connectivity index (χ3v) is 3.71. The zero-order chi connectivity index (χ0) is 15.3. The van der Waals surface area contributed by atoms with Crippen LogP contribution in [0.3, 0.4) is 0 Å². The summed E-state index contributed by atoms with van der Waals surface area (Å²) in [4.78, 5) is 24.7. The fourth-order valence-electron chi connectivity index (χ4n) is 2.64. The fourth-order valence-corrected chi connectivity index (χ4v) is 2.64. The van der Waals surface area contributed by atoms with Crippen molar-refractivity contribution in [2.24, 2.45) is 11.7 Å². The molecule has 0 aromatic heterocycles. The maximum atomic E-state index is 12.3. The van der Waals surface area contributed by atoms with E-state index in [0.29, 0.717) is 19.3 Å². The van der Waals surface area contributed by atoms with Crippen LogP contribution in [0.15, 0.2) is 0 Å². The van der Waals surface area contributed by atoms with Gasteiger partial charge in [-0.25, -0.2) is 0 Å². The van der Waals surface area contributed by atoms with Crippen LogP contribution in [0.1, 0.15) is 45.4 Å². The maximum absolute atomic E-state index is 12.3. The number of hydrogen-bond acceptors (Lipinski definition) is 2. The Morgan fingerprint density at radius 3 is 2.65 bits per heavy atom. The van der Waals surface area contributed by atoms with Gasteiger partial charge in [0.15, 0.2) is 0 Å². The summed E-state index contributed by atoms with van der Waals surface area (Å²) in [6.07, 6.45) is -3.26. The van der Waals surface area contributed by atoms with Gasteiger partial charge in [-0.15, -0.1) is 0 Å². The first-order chi connectivity index (χ1) is 9.24. The molecule has 2 N–H and O–H groups in total. The minimum absolute atomic E-state index is 0.0114. The minimum atomic E-state index is -4.19. The Bertz CT molecular complexity index is 358. The van der Waals surface area contributed by atoms with Crippen LogP contribution in [-0.2, 0) is 9.59 Å². The van der Waals surface area contributed by atoms with Gasteiger partial charge >= 0.3 is 6.18 Å². The van der Waals surface area contributed by atoms with Crippen molar-refractivity contribution >= 4 is 11.8 Å². The molecule has 1 heterocycles. The average Bonchev–Trinajstić information content (AvgIpc) is 2.49. The number of rotatable bonds is 5. The summed E-state index contributed by atoms with van der Waals surface area (Å²) >= 11 is 0. The molecule has 0 radical (unpaired) electrons. The molecule has 1 saturated heterocycles. The Morgan fingerprint density at radius 1 is 1.50 bits per heavy atom.